The maximum atomic E-state index is 13.0. The maximum Gasteiger partial charge on any atom is 0.573 e. The minimum absolute atomic E-state index is 0.185. The van der Waals surface area contributed by atoms with Gasteiger partial charge < -0.3 is 4.74 Å². The fourth-order valence-corrected chi connectivity index (χ4v) is 1.30. The Kier molecular flexibility index (Phi) is 3.17. The molecule has 0 aliphatic rings. The van der Waals surface area contributed by atoms with Crippen molar-refractivity contribution in [3.8, 4) is 5.75 Å². The van der Waals surface area contributed by atoms with Crippen molar-refractivity contribution in [2.24, 2.45) is 0 Å². The van der Waals surface area contributed by atoms with Gasteiger partial charge in [0.1, 0.15) is 11.6 Å². The standard InChI is InChI=1S/C11H12F4O/c1-10(2,3)8-6-7(12)4-5-9(8)16-11(13,14)15/h4-6H,1-3H3. The van der Waals surface area contributed by atoms with Crippen LogP contribution in [0.2, 0.25) is 0 Å². The van der Waals surface area contributed by atoms with Crippen molar-refractivity contribution >= 4 is 0 Å². The molecule has 5 heteroatoms. The molecule has 0 atom stereocenters. The second kappa shape index (κ2) is 3.96. The summed E-state index contributed by atoms with van der Waals surface area (Å²) in [5.41, 5.74) is -0.437. The average molecular weight is 236 g/mol. The summed E-state index contributed by atoms with van der Waals surface area (Å²) in [5.74, 6) is -0.944. The van der Waals surface area contributed by atoms with E-state index in [-0.39, 0.29) is 11.3 Å². The lowest BCUT2D eigenvalue weighted by Crippen LogP contribution is -2.21. The van der Waals surface area contributed by atoms with Gasteiger partial charge in [-0.3, -0.25) is 0 Å². The summed E-state index contributed by atoms with van der Waals surface area (Å²) in [6.07, 6.45) is -4.77. The van der Waals surface area contributed by atoms with E-state index in [2.05, 4.69) is 4.74 Å². The van der Waals surface area contributed by atoms with Crippen LogP contribution in [0.1, 0.15) is 26.3 Å². The summed E-state index contributed by atoms with van der Waals surface area (Å²) in [4.78, 5) is 0. The van der Waals surface area contributed by atoms with E-state index in [0.29, 0.717) is 0 Å². The van der Waals surface area contributed by atoms with Crippen molar-refractivity contribution in [1.82, 2.24) is 0 Å². The Labute approximate surface area is 91.0 Å². The topological polar surface area (TPSA) is 9.23 Å². The highest BCUT2D eigenvalue weighted by Gasteiger charge is 2.33. The molecule has 0 radical (unpaired) electrons. The van der Waals surface area contributed by atoms with Gasteiger partial charge in [-0.1, -0.05) is 20.8 Å². The maximum absolute atomic E-state index is 13.0. The van der Waals surface area contributed by atoms with Gasteiger partial charge in [-0.2, -0.15) is 0 Å². The molecule has 1 aromatic rings. The monoisotopic (exact) mass is 236 g/mol. The van der Waals surface area contributed by atoms with Crippen LogP contribution in [0.3, 0.4) is 0 Å². The van der Waals surface area contributed by atoms with Gasteiger partial charge in [0.15, 0.2) is 0 Å². The van der Waals surface area contributed by atoms with Gasteiger partial charge in [0, 0.05) is 5.56 Å². The van der Waals surface area contributed by atoms with Crippen LogP contribution in [0.15, 0.2) is 18.2 Å². The Hall–Kier alpha value is -1.26. The SMILES string of the molecule is CC(C)(C)c1cc(F)ccc1OC(F)(F)F. The zero-order chi connectivity index (χ0) is 12.6. The van der Waals surface area contributed by atoms with Crippen LogP contribution >= 0.6 is 0 Å². The number of hydrogen-bond acceptors (Lipinski definition) is 1. The molecule has 0 bridgehead atoms. The number of benzene rings is 1. The van der Waals surface area contributed by atoms with E-state index in [1.807, 2.05) is 0 Å². The Morgan fingerprint density at radius 3 is 2.06 bits per heavy atom. The van der Waals surface area contributed by atoms with Gasteiger partial charge in [0.05, 0.1) is 0 Å². The Bertz CT molecular complexity index is 377. The van der Waals surface area contributed by atoms with Crippen LogP contribution in [-0.4, -0.2) is 6.36 Å². The highest BCUT2D eigenvalue weighted by Crippen LogP contribution is 2.34. The average Bonchev–Trinajstić information content (AvgIpc) is 2.04. The Balaban J connectivity index is 3.19. The lowest BCUT2D eigenvalue weighted by atomic mass is 9.86. The summed E-state index contributed by atoms with van der Waals surface area (Å²) in [6, 6.07) is 2.99. The van der Waals surface area contributed by atoms with Crippen LogP contribution in [0.25, 0.3) is 0 Å². The molecule has 0 aromatic heterocycles. The van der Waals surface area contributed by atoms with E-state index in [1.54, 1.807) is 20.8 Å². The summed E-state index contributed by atoms with van der Waals surface area (Å²) in [6.45, 7) is 5.06. The first kappa shape index (κ1) is 12.8. The van der Waals surface area contributed by atoms with Crippen molar-refractivity contribution < 1.29 is 22.3 Å². The molecule has 1 rings (SSSR count). The van der Waals surface area contributed by atoms with Crippen LogP contribution in [-0.2, 0) is 5.41 Å². The fourth-order valence-electron chi connectivity index (χ4n) is 1.30. The Morgan fingerprint density at radius 2 is 1.62 bits per heavy atom. The Morgan fingerprint density at radius 1 is 1.06 bits per heavy atom. The minimum atomic E-state index is -4.77. The molecular weight excluding hydrogens is 224 g/mol. The zero-order valence-corrected chi connectivity index (χ0v) is 9.15. The predicted molar refractivity (Wildman–Crippen MR) is 51.8 cm³/mol. The predicted octanol–water partition coefficient (Wildman–Crippen LogP) is 4.02. The summed E-state index contributed by atoms with van der Waals surface area (Å²) < 4.78 is 53.1. The zero-order valence-electron chi connectivity index (χ0n) is 9.15. The third kappa shape index (κ3) is 3.40. The van der Waals surface area contributed by atoms with E-state index < -0.39 is 17.6 Å². The van der Waals surface area contributed by atoms with Crippen LogP contribution in [0, 0.1) is 5.82 Å². The van der Waals surface area contributed by atoms with Crippen molar-refractivity contribution in [3.63, 3.8) is 0 Å². The third-order valence-electron chi connectivity index (χ3n) is 1.98. The van der Waals surface area contributed by atoms with Crippen LogP contribution in [0.5, 0.6) is 5.75 Å². The van der Waals surface area contributed by atoms with Gasteiger partial charge in [-0.15, -0.1) is 13.2 Å². The second-order valence-electron chi connectivity index (χ2n) is 4.44. The molecule has 0 fully saturated rings. The molecular formula is C11H12F4O. The van der Waals surface area contributed by atoms with Gasteiger partial charge in [-0.05, 0) is 23.6 Å². The lowest BCUT2D eigenvalue weighted by molar-refractivity contribution is -0.275. The molecule has 0 aliphatic heterocycles. The lowest BCUT2D eigenvalue weighted by Gasteiger charge is -2.23. The van der Waals surface area contributed by atoms with Crippen molar-refractivity contribution in [2.75, 3.05) is 0 Å². The number of alkyl halides is 3. The van der Waals surface area contributed by atoms with Crippen molar-refractivity contribution in [3.05, 3.63) is 29.6 Å². The van der Waals surface area contributed by atoms with E-state index >= 15 is 0 Å². The van der Waals surface area contributed by atoms with E-state index in [4.69, 9.17) is 0 Å². The second-order valence-corrected chi connectivity index (χ2v) is 4.44. The molecule has 0 amide bonds. The number of halogens is 4. The molecule has 1 aromatic carbocycles. The van der Waals surface area contributed by atoms with Gasteiger partial charge in [-0.25, -0.2) is 4.39 Å². The molecule has 0 aliphatic carbocycles. The molecule has 90 valence electrons. The summed E-state index contributed by atoms with van der Waals surface area (Å²) >= 11 is 0. The largest absolute Gasteiger partial charge is 0.573 e. The first-order chi connectivity index (χ1) is 7.09. The fraction of sp³-hybridized carbons (Fsp3) is 0.455. The van der Waals surface area contributed by atoms with E-state index in [9.17, 15) is 17.6 Å². The van der Waals surface area contributed by atoms with Crippen LogP contribution in [0.4, 0.5) is 17.6 Å². The molecule has 0 unspecified atom stereocenters. The number of rotatable bonds is 1. The van der Waals surface area contributed by atoms with E-state index in [1.165, 1.54) is 0 Å². The summed E-state index contributed by atoms with van der Waals surface area (Å²) in [5, 5.41) is 0. The van der Waals surface area contributed by atoms with Crippen molar-refractivity contribution in [1.29, 1.82) is 0 Å². The van der Waals surface area contributed by atoms with Gasteiger partial charge in [0.25, 0.3) is 0 Å². The highest BCUT2D eigenvalue weighted by atomic mass is 19.4. The molecule has 0 saturated heterocycles. The smallest absolute Gasteiger partial charge is 0.405 e. The van der Waals surface area contributed by atoms with Gasteiger partial charge >= 0.3 is 6.36 Å². The minimum Gasteiger partial charge on any atom is -0.405 e. The molecule has 0 N–H and O–H groups in total. The molecule has 0 saturated carbocycles. The van der Waals surface area contributed by atoms with Gasteiger partial charge in [0.2, 0.25) is 0 Å². The molecule has 0 heterocycles. The molecule has 1 nitrogen and oxygen atoms in total. The quantitative estimate of drug-likeness (QED) is 0.669. The first-order valence-corrected chi connectivity index (χ1v) is 4.65. The third-order valence-corrected chi connectivity index (χ3v) is 1.98. The molecule has 16 heavy (non-hydrogen) atoms. The number of hydrogen-bond donors (Lipinski definition) is 0. The normalized spacial score (nSPS) is 12.7. The first-order valence-electron chi connectivity index (χ1n) is 4.65. The summed E-state index contributed by atoms with van der Waals surface area (Å²) in [7, 11) is 0. The van der Waals surface area contributed by atoms with Crippen molar-refractivity contribution in [2.45, 2.75) is 32.5 Å². The van der Waals surface area contributed by atoms with E-state index in [0.717, 1.165) is 18.2 Å². The highest BCUT2D eigenvalue weighted by molar-refractivity contribution is 5.39. The van der Waals surface area contributed by atoms with Crippen LogP contribution < -0.4 is 4.74 Å². The number of ether oxygens (including phenoxy) is 1. The molecule has 0 spiro atoms.